The predicted octanol–water partition coefficient (Wildman–Crippen LogP) is 6.94. The third-order valence-corrected chi connectivity index (χ3v) is 10.9. The summed E-state index contributed by atoms with van der Waals surface area (Å²) in [5, 5.41) is 4.17. The van der Waals surface area contributed by atoms with Crippen LogP contribution in [0.1, 0.15) is 80.5 Å². The smallest absolute Gasteiger partial charge is 0.257 e. The molecule has 0 saturated carbocycles. The number of nitrogens with zero attached hydrogens (tertiary/aromatic N) is 5. The first-order valence-corrected chi connectivity index (χ1v) is 18.2. The highest BCUT2D eigenvalue weighted by Gasteiger charge is 2.39. The van der Waals surface area contributed by atoms with Crippen LogP contribution in [0.2, 0.25) is 0 Å². The molecule has 4 heterocycles. The van der Waals surface area contributed by atoms with Crippen molar-refractivity contribution < 1.29 is 28.5 Å². The van der Waals surface area contributed by atoms with E-state index >= 15 is 0 Å². The minimum atomic E-state index is -0.138. The van der Waals surface area contributed by atoms with Crippen LogP contribution in [0.3, 0.4) is 0 Å². The normalized spacial score (nSPS) is 20.1. The van der Waals surface area contributed by atoms with Gasteiger partial charge < -0.3 is 33.8 Å². The molecule has 2 amide bonds. The van der Waals surface area contributed by atoms with Crippen LogP contribution in [0, 0.1) is 10.8 Å². The van der Waals surface area contributed by atoms with Crippen LogP contribution >= 0.6 is 0 Å². The van der Waals surface area contributed by atoms with Crippen molar-refractivity contribution in [2.24, 2.45) is 15.8 Å². The van der Waals surface area contributed by atoms with Crippen LogP contribution in [-0.2, 0) is 0 Å². The molecule has 2 atom stereocenters. The van der Waals surface area contributed by atoms with E-state index in [1.807, 2.05) is 53.3 Å². The standard InChI is InChI=1S/C41H55N5O6/c1-26-15-28-21-42-32-19-36(34(49-9)17-30(32)38(47)44(28)22-26)52-25-41(5,6)12-11-40(3,4)13-14-51-37-20-33-31(18-35(37)50-10)39(48)45-23-27(2)16-29(45)24-46(33)43(7)8/h17-21,28-29H,1-2,11-16,22-25H2,3-10H3. The molecule has 11 heteroatoms. The SMILES string of the molecule is C=C1CC2C=Nc3cc(OCC(C)(C)CCC(C)(C)CCOc4cc5c(cc4OC)C(=O)N4CC(=C)CC4CN5N(C)C)c(OC)cc3C(=O)N2C1. The molecule has 0 N–H and O–H groups in total. The van der Waals surface area contributed by atoms with E-state index in [1.54, 1.807) is 20.3 Å². The number of hydrogen-bond acceptors (Lipinski definition) is 9. The first-order chi connectivity index (χ1) is 24.6. The second-order valence-corrected chi connectivity index (χ2v) is 16.5. The van der Waals surface area contributed by atoms with Gasteiger partial charge in [-0.15, -0.1) is 0 Å². The van der Waals surface area contributed by atoms with E-state index in [-0.39, 0.29) is 34.7 Å². The summed E-state index contributed by atoms with van der Waals surface area (Å²) < 4.78 is 24.2. The summed E-state index contributed by atoms with van der Waals surface area (Å²) >= 11 is 0. The molecule has 0 aromatic heterocycles. The van der Waals surface area contributed by atoms with Crippen LogP contribution < -0.4 is 24.0 Å². The zero-order valence-corrected chi connectivity index (χ0v) is 32.2. The molecule has 2 aromatic rings. The Morgan fingerprint density at radius 3 is 2.10 bits per heavy atom. The monoisotopic (exact) mass is 713 g/mol. The lowest BCUT2D eigenvalue weighted by Crippen LogP contribution is -2.44. The Kier molecular flexibility index (Phi) is 10.4. The van der Waals surface area contributed by atoms with Crippen molar-refractivity contribution in [2.45, 2.75) is 71.9 Å². The topological polar surface area (TPSA) is 96.4 Å². The van der Waals surface area contributed by atoms with Gasteiger partial charge in [0.25, 0.3) is 11.8 Å². The highest BCUT2D eigenvalue weighted by atomic mass is 16.5. The molecule has 6 rings (SSSR count). The maximum absolute atomic E-state index is 13.7. The summed E-state index contributed by atoms with van der Waals surface area (Å²) in [5.41, 5.74) is 4.51. The quantitative estimate of drug-likeness (QED) is 0.206. The Hall–Kier alpha value is -4.51. The number of fused-ring (bicyclic) bond motifs is 4. The zero-order valence-electron chi connectivity index (χ0n) is 32.2. The van der Waals surface area contributed by atoms with E-state index in [2.05, 4.69) is 50.9 Å². The Balaban J connectivity index is 1.07. The Bertz CT molecular complexity index is 1780. The number of benzene rings is 2. The number of amides is 2. The number of aliphatic imine (C=N–C) groups is 1. The van der Waals surface area contributed by atoms with Crippen molar-refractivity contribution in [1.82, 2.24) is 14.8 Å². The minimum absolute atomic E-state index is 0.00287. The maximum Gasteiger partial charge on any atom is 0.257 e. The molecular formula is C41H55N5O6. The van der Waals surface area contributed by atoms with Gasteiger partial charge in [-0.1, -0.05) is 52.0 Å². The maximum atomic E-state index is 13.7. The number of rotatable bonds is 13. The van der Waals surface area contributed by atoms with Gasteiger partial charge in [-0.2, -0.15) is 0 Å². The van der Waals surface area contributed by atoms with Gasteiger partial charge in [0, 0.05) is 45.5 Å². The fraction of sp³-hybridized carbons (Fsp3) is 0.537. The Labute approximate surface area is 308 Å². The summed E-state index contributed by atoms with van der Waals surface area (Å²) in [6.07, 6.45) is 6.10. The molecule has 2 saturated heterocycles. The fourth-order valence-corrected chi connectivity index (χ4v) is 7.51. The van der Waals surface area contributed by atoms with Crippen molar-refractivity contribution >= 4 is 29.4 Å². The summed E-state index contributed by atoms with van der Waals surface area (Å²) in [6.45, 7) is 19.9. The molecule has 280 valence electrons. The average Bonchev–Trinajstić information content (AvgIpc) is 3.61. The number of carbonyl (C=O) groups excluding carboxylic acids is 2. The van der Waals surface area contributed by atoms with Gasteiger partial charge >= 0.3 is 0 Å². The van der Waals surface area contributed by atoms with Gasteiger partial charge in [0.05, 0.1) is 68.6 Å². The van der Waals surface area contributed by atoms with Crippen LogP contribution in [0.4, 0.5) is 11.4 Å². The van der Waals surface area contributed by atoms with Gasteiger partial charge in [0.2, 0.25) is 0 Å². The van der Waals surface area contributed by atoms with E-state index in [0.717, 1.165) is 48.9 Å². The molecule has 2 aromatic carbocycles. The first-order valence-electron chi connectivity index (χ1n) is 18.2. The van der Waals surface area contributed by atoms with E-state index in [9.17, 15) is 9.59 Å². The number of hydrazine groups is 1. The van der Waals surface area contributed by atoms with Crippen LogP contribution in [0.25, 0.3) is 0 Å². The molecule has 2 fully saturated rings. The average molecular weight is 714 g/mol. The molecule has 0 aliphatic carbocycles. The van der Waals surface area contributed by atoms with Gasteiger partial charge in [-0.25, -0.2) is 5.01 Å². The summed E-state index contributed by atoms with van der Waals surface area (Å²) in [6, 6.07) is 7.35. The molecule has 0 bridgehead atoms. The van der Waals surface area contributed by atoms with Crippen molar-refractivity contribution in [3.8, 4) is 23.0 Å². The van der Waals surface area contributed by atoms with Crippen molar-refractivity contribution in [1.29, 1.82) is 0 Å². The van der Waals surface area contributed by atoms with Crippen molar-refractivity contribution in [2.75, 3.05) is 66.2 Å². The largest absolute Gasteiger partial charge is 0.493 e. The number of methoxy groups -OCH3 is 2. The number of anilines is 1. The number of ether oxygens (including phenoxy) is 4. The molecular weight excluding hydrogens is 658 g/mol. The third-order valence-electron chi connectivity index (χ3n) is 10.9. The molecule has 0 radical (unpaired) electrons. The van der Waals surface area contributed by atoms with Gasteiger partial charge in [-0.3, -0.25) is 14.6 Å². The van der Waals surface area contributed by atoms with E-state index in [0.29, 0.717) is 72.7 Å². The van der Waals surface area contributed by atoms with Crippen LogP contribution in [0.5, 0.6) is 23.0 Å². The summed E-state index contributed by atoms with van der Waals surface area (Å²) in [5.74, 6) is 2.21. The lowest BCUT2D eigenvalue weighted by atomic mass is 9.78. The third kappa shape index (κ3) is 7.65. The molecule has 52 heavy (non-hydrogen) atoms. The minimum Gasteiger partial charge on any atom is -0.493 e. The molecule has 0 spiro atoms. The molecule has 11 nitrogen and oxygen atoms in total. The first kappa shape index (κ1) is 37.3. The van der Waals surface area contributed by atoms with Gasteiger partial charge in [0.1, 0.15) is 0 Å². The number of carbonyl (C=O) groups is 2. The van der Waals surface area contributed by atoms with Gasteiger partial charge in [0.15, 0.2) is 23.0 Å². The second kappa shape index (κ2) is 14.5. The lowest BCUT2D eigenvalue weighted by molar-refractivity contribution is 0.0745. The lowest BCUT2D eigenvalue weighted by Gasteiger charge is -2.33. The Morgan fingerprint density at radius 2 is 1.40 bits per heavy atom. The molecule has 4 aliphatic rings. The van der Waals surface area contributed by atoms with Crippen LogP contribution in [-0.4, -0.2) is 106 Å². The predicted molar refractivity (Wildman–Crippen MR) is 205 cm³/mol. The van der Waals surface area contributed by atoms with Crippen molar-refractivity contribution in [3.63, 3.8) is 0 Å². The van der Waals surface area contributed by atoms with Crippen LogP contribution in [0.15, 0.2) is 53.6 Å². The zero-order chi connectivity index (χ0) is 37.5. The highest BCUT2D eigenvalue weighted by molar-refractivity contribution is 6.04. The van der Waals surface area contributed by atoms with Crippen molar-refractivity contribution in [3.05, 3.63) is 59.7 Å². The van der Waals surface area contributed by atoms with Gasteiger partial charge in [-0.05, 0) is 55.1 Å². The van der Waals surface area contributed by atoms with E-state index in [4.69, 9.17) is 18.9 Å². The molecule has 4 aliphatic heterocycles. The van der Waals surface area contributed by atoms with E-state index < -0.39 is 0 Å². The summed E-state index contributed by atoms with van der Waals surface area (Å²) in [4.78, 5) is 35.5. The fourth-order valence-electron chi connectivity index (χ4n) is 7.51. The molecule has 2 unspecified atom stereocenters. The second-order valence-electron chi connectivity index (χ2n) is 16.5. The highest BCUT2D eigenvalue weighted by Crippen LogP contribution is 2.42. The summed E-state index contributed by atoms with van der Waals surface area (Å²) in [7, 11) is 7.20. The van der Waals surface area contributed by atoms with E-state index in [1.165, 1.54) is 0 Å². The Morgan fingerprint density at radius 1 is 0.788 bits per heavy atom. The number of hydrogen-bond donors (Lipinski definition) is 0.